The summed E-state index contributed by atoms with van der Waals surface area (Å²) in [6.07, 6.45) is 0.590. The summed E-state index contributed by atoms with van der Waals surface area (Å²) in [7, 11) is 4.18. The van der Waals surface area contributed by atoms with Crippen molar-refractivity contribution in [2.75, 3.05) is 44.4 Å². The van der Waals surface area contributed by atoms with E-state index in [0.717, 1.165) is 25.2 Å². The third-order valence-corrected chi connectivity index (χ3v) is 5.81. The number of nitrogens with one attached hydrogen (secondary N) is 3. The van der Waals surface area contributed by atoms with E-state index in [1.807, 2.05) is 6.07 Å². The molecule has 7 nitrogen and oxygen atoms in total. The maximum Gasteiger partial charge on any atom is 0.211 e. The van der Waals surface area contributed by atoms with Crippen molar-refractivity contribution in [2.45, 2.75) is 18.6 Å². The van der Waals surface area contributed by atoms with E-state index in [2.05, 4.69) is 83.5 Å². The van der Waals surface area contributed by atoms with Crippen LogP contribution in [0, 0.1) is 0 Å². The third-order valence-electron chi connectivity index (χ3n) is 5.81. The van der Waals surface area contributed by atoms with E-state index >= 15 is 0 Å². The Kier molecular flexibility index (Phi) is 9.46. The van der Waals surface area contributed by atoms with Crippen LogP contribution in [0.3, 0.4) is 0 Å². The molecule has 0 heterocycles. The highest BCUT2D eigenvalue weighted by Crippen LogP contribution is 2.26. The van der Waals surface area contributed by atoms with Crippen LogP contribution in [0.25, 0.3) is 0 Å². The Bertz CT molecular complexity index is 1030. The molecule has 0 spiro atoms. The van der Waals surface area contributed by atoms with Crippen molar-refractivity contribution in [2.24, 2.45) is 0 Å². The molecule has 0 unspecified atom stereocenters. The molecule has 34 heavy (non-hydrogen) atoms. The van der Waals surface area contributed by atoms with Crippen molar-refractivity contribution in [1.29, 1.82) is 0 Å². The molecule has 180 valence electrons. The third kappa shape index (κ3) is 7.31. The minimum Gasteiger partial charge on any atom is -0.506 e. The van der Waals surface area contributed by atoms with Gasteiger partial charge in [0.2, 0.25) is 6.41 Å². The second kappa shape index (κ2) is 12.7. The van der Waals surface area contributed by atoms with Crippen molar-refractivity contribution in [3.8, 4) is 5.75 Å². The molecule has 3 aromatic carbocycles. The van der Waals surface area contributed by atoms with Crippen LogP contribution < -0.4 is 16.0 Å². The number of amides is 1. The summed E-state index contributed by atoms with van der Waals surface area (Å²) in [5.74, 6) is -0.0359. The number of phenols is 1. The Morgan fingerprint density at radius 3 is 2.35 bits per heavy atom. The highest BCUT2D eigenvalue weighted by molar-refractivity contribution is 5.75. The van der Waals surface area contributed by atoms with Crippen molar-refractivity contribution < 1.29 is 15.0 Å². The van der Waals surface area contributed by atoms with Gasteiger partial charge in [-0.1, -0.05) is 48.5 Å². The molecule has 1 amide bonds. The molecule has 7 heteroatoms. The van der Waals surface area contributed by atoms with Crippen molar-refractivity contribution in [1.82, 2.24) is 10.2 Å². The zero-order chi connectivity index (χ0) is 24.3. The number of nitrogens with zero attached hydrogens (tertiary/aromatic N) is 1. The number of aromatic hydroxyl groups is 1. The van der Waals surface area contributed by atoms with Crippen LogP contribution in [0.2, 0.25) is 0 Å². The van der Waals surface area contributed by atoms with E-state index in [0.29, 0.717) is 18.5 Å². The smallest absolute Gasteiger partial charge is 0.211 e. The number of carbonyl (C=O) groups excluding carboxylic acids is 1. The normalized spacial score (nSPS) is 12.8. The zero-order valence-corrected chi connectivity index (χ0v) is 19.7. The van der Waals surface area contributed by atoms with E-state index in [4.69, 9.17) is 0 Å². The van der Waals surface area contributed by atoms with Gasteiger partial charge in [0, 0.05) is 18.8 Å². The monoisotopic (exact) mass is 462 g/mol. The topological polar surface area (TPSA) is 96.9 Å². The molecule has 2 atom stereocenters. The van der Waals surface area contributed by atoms with Crippen LogP contribution in [0.1, 0.15) is 28.8 Å². The Morgan fingerprint density at radius 2 is 1.68 bits per heavy atom. The molecular formula is C27H34N4O3. The van der Waals surface area contributed by atoms with Gasteiger partial charge in [-0.15, -0.1) is 0 Å². The van der Waals surface area contributed by atoms with Gasteiger partial charge in [0.25, 0.3) is 0 Å². The quantitative estimate of drug-likeness (QED) is 0.151. The van der Waals surface area contributed by atoms with Gasteiger partial charge in [-0.2, -0.15) is 0 Å². The minimum atomic E-state index is -0.742. The predicted molar refractivity (Wildman–Crippen MR) is 137 cm³/mol. The van der Waals surface area contributed by atoms with Gasteiger partial charge in [0.15, 0.2) is 0 Å². The number of aliphatic hydroxyl groups excluding tert-OH is 1. The number of hydrogen-bond donors (Lipinski definition) is 5. The van der Waals surface area contributed by atoms with Crippen molar-refractivity contribution in [3.63, 3.8) is 0 Å². The standard InChI is InChI=1S/C27H34N4O3/c1-31(2)25(21-6-4-3-5-7-21)17-29-23-11-8-20(9-12-23)14-15-28-18-27(34)22-10-13-26(33)24(16-22)30-19-32/h3-13,16,19,25,27-29,33-34H,14-15,17-18H2,1-2H3,(H,30,32)/t25-,27+/m1/s1. The first-order valence-electron chi connectivity index (χ1n) is 11.4. The second-order valence-corrected chi connectivity index (χ2v) is 8.48. The first-order chi connectivity index (χ1) is 16.5. The number of hydrogen-bond acceptors (Lipinski definition) is 6. The number of rotatable bonds is 13. The van der Waals surface area contributed by atoms with Crippen LogP contribution in [-0.4, -0.2) is 55.3 Å². The van der Waals surface area contributed by atoms with Gasteiger partial charge in [-0.3, -0.25) is 4.79 Å². The average molecular weight is 463 g/mol. The summed E-state index contributed by atoms with van der Waals surface area (Å²) in [4.78, 5) is 12.8. The van der Waals surface area contributed by atoms with E-state index in [1.54, 1.807) is 12.1 Å². The maximum absolute atomic E-state index is 10.6. The molecule has 0 bridgehead atoms. The number of phenolic OH excluding ortho intramolecular Hbond substituents is 1. The molecule has 0 aromatic heterocycles. The lowest BCUT2D eigenvalue weighted by molar-refractivity contribution is -0.105. The second-order valence-electron chi connectivity index (χ2n) is 8.48. The molecule has 3 rings (SSSR count). The van der Waals surface area contributed by atoms with E-state index in [1.165, 1.54) is 17.2 Å². The van der Waals surface area contributed by atoms with Gasteiger partial charge in [-0.25, -0.2) is 0 Å². The first-order valence-corrected chi connectivity index (χ1v) is 11.4. The summed E-state index contributed by atoms with van der Waals surface area (Å²) < 4.78 is 0. The minimum absolute atomic E-state index is 0.0359. The van der Waals surface area contributed by atoms with Crippen LogP contribution >= 0.6 is 0 Å². The largest absolute Gasteiger partial charge is 0.506 e. The van der Waals surface area contributed by atoms with Crippen LogP contribution in [0.15, 0.2) is 72.8 Å². The highest BCUT2D eigenvalue weighted by Gasteiger charge is 2.13. The SMILES string of the molecule is CN(C)[C@H](CNc1ccc(CCNC[C@H](O)c2ccc(O)c(NC=O)c2)cc1)c1ccccc1. The summed E-state index contributed by atoms with van der Waals surface area (Å²) in [5.41, 5.74) is 4.48. The Balaban J connectivity index is 1.43. The molecular weight excluding hydrogens is 428 g/mol. The fourth-order valence-electron chi connectivity index (χ4n) is 3.81. The molecule has 0 fully saturated rings. The van der Waals surface area contributed by atoms with Gasteiger partial charge in [0.05, 0.1) is 17.8 Å². The maximum atomic E-state index is 10.6. The van der Waals surface area contributed by atoms with Crippen LogP contribution in [-0.2, 0) is 11.2 Å². The number of carbonyl (C=O) groups is 1. The lowest BCUT2D eigenvalue weighted by atomic mass is 10.1. The number of likely N-dealkylation sites (N-methyl/N-ethyl adjacent to an activating group) is 1. The van der Waals surface area contributed by atoms with Crippen molar-refractivity contribution in [3.05, 3.63) is 89.5 Å². The Morgan fingerprint density at radius 1 is 0.941 bits per heavy atom. The first kappa shape index (κ1) is 25.2. The lowest BCUT2D eigenvalue weighted by Gasteiger charge is -2.25. The molecule has 3 aromatic rings. The van der Waals surface area contributed by atoms with Crippen LogP contribution in [0.4, 0.5) is 11.4 Å². The molecule has 0 aliphatic rings. The molecule has 5 N–H and O–H groups in total. The summed E-state index contributed by atoms with van der Waals surface area (Å²) in [6, 6.07) is 23.9. The van der Waals surface area contributed by atoms with E-state index < -0.39 is 6.10 Å². The van der Waals surface area contributed by atoms with Gasteiger partial charge < -0.3 is 31.1 Å². The molecule has 0 saturated carbocycles. The van der Waals surface area contributed by atoms with E-state index in [-0.39, 0.29) is 17.5 Å². The fraction of sp³-hybridized carbons (Fsp3) is 0.296. The summed E-state index contributed by atoms with van der Waals surface area (Å²) in [5, 5.41) is 29.3. The Labute approximate surface area is 201 Å². The van der Waals surface area contributed by atoms with Crippen LogP contribution in [0.5, 0.6) is 5.75 Å². The average Bonchev–Trinajstić information content (AvgIpc) is 2.84. The molecule has 0 radical (unpaired) electrons. The van der Waals surface area contributed by atoms with Gasteiger partial charge in [-0.05, 0) is 68.0 Å². The number of aliphatic hydroxyl groups is 1. The predicted octanol–water partition coefficient (Wildman–Crippen LogP) is 3.54. The van der Waals surface area contributed by atoms with Gasteiger partial charge >= 0.3 is 0 Å². The van der Waals surface area contributed by atoms with E-state index in [9.17, 15) is 15.0 Å². The Hall–Kier alpha value is -3.39. The van der Waals surface area contributed by atoms with Gasteiger partial charge in [0.1, 0.15) is 5.75 Å². The summed E-state index contributed by atoms with van der Waals surface area (Å²) in [6.45, 7) is 1.91. The number of benzene rings is 3. The highest BCUT2D eigenvalue weighted by atomic mass is 16.3. The number of anilines is 2. The molecule has 0 saturated heterocycles. The van der Waals surface area contributed by atoms with Crippen molar-refractivity contribution >= 4 is 17.8 Å². The molecule has 0 aliphatic heterocycles. The molecule has 0 aliphatic carbocycles. The summed E-state index contributed by atoms with van der Waals surface area (Å²) >= 11 is 0. The lowest BCUT2D eigenvalue weighted by Crippen LogP contribution is -2.26. The zero-order valence-electron chi connectivity index (χ0n) is 19.7. The fourth-order valence-corrected chi connectivity index (χ4v) is 3.81.